The van der Waals surface area contributed by atoms with Gasteiger partial charge in [-0.1, -0.05) is 46.5 Å². The van der Waals surface area contributed by atoms with E-state index in [1.165, 1.54) is 37.8 Å². The minimum atomic E-state index is 0.182. The first-order valence-electron chi connectivity index (χ1n) is 7.53. The van der Waals surface area contributed by atoms with E-state index in [1.54, 1.807) is 6.33 Å². The van der Waals surface area contributed by atoms with Crippen molar-refractivity contribution in [3.63, 3.8) is 0 Å². The number of aromatic nitrogens is 2. The second-order valence-electron chi connectivity index (χ2n) is 5.88. The van der Waals surface area contributed by atoms with E-state index in [1.807, 2.05) is 19.0 Å². The molecule has 3 nitrogen and oxygen atoms in total. The fourth-order valence-electron chi connectivity index (χ4n) is 2.35. The van der Waals surface area contributed by atoms with Crippen LogP contribution in [-0.4, -0.2) is 24.1 Å². The van der Waals surface area contributed by atoms with Gasteiger partial charge < -0.3 is 4.90 Å². The van der Waals surface area contributed by atoms with Gasteiger partial charge >= 0.3 is 0 Å². The maximum absolute atomic E-state index is 4.53. The van der Waals surface area contributed by atoms with E-state index in [4.69, 9.17) is 0 Å². The van der Waals surface area contributed by atoms with Crippen molar-refractivity contribution in [2.45, 2.75) is 64.7 Å². The Balaban J connectivity index is 2.79. The van der Waals surface area contributed by atoms with Gasteiger partial charge in [0.05, 0.1) is 5.69 Å². The third-order valence-electron chi connectivity index (χ3n) is 4.09. The molecule has 0 fully saturated rings. The summed E-state index contributed by atoms with van der Waals surface area (Å²) in [6, 6.07) is 2.14. The molecule has 0 aliphatic heterocycles. The van der Waals surface area contributed by atoms with Gasteiger partial charge in [0, 0.05) is 25.6 Å². The number of unbranched alkanes of at least 4 members (excludes halogenated alkanes) is 3. The van der Waals surface area contributed by atoms with Gasteiger partial charge in [0.1, 0.15) is 12.1 Å². The van der Waals surface area contributed by atoms with E-state index >= 15 is 0 Å². The van der Waals surface area contributed by atoms with Crippen LogP contribution in [0.4, 0.5) is 5.82 Å². The molecule has 1 aromatic rings. The highest BCUT2D eigenvalue weighted by molar-refractivity contribution is 5.38. The molecule has 108 valence electrons. The molecular weight excluding hydrogens is 234 g/mol. The van der Waals surface area contributed by atoms with Crippen molar-refractivity contribution in [1.82, 2.24) is 9.97 Å². The zero-order valence-electron chi connectivity index (χ0n) is 13.2. The third kappa shape index (κ3) is 4.48. The Kier molecular flexibility index (Phi) is 6.26. The van der Waals surface area contributed by atoms with Gasteiger partial charge in [-0.3, -0.25) is 0 Å². The minimum Gasteiger partial charge on any atom is -0.363 e. The number of rotatable bonds is 8. The molecule has 0 saturated carbocycles. The van der Waals surface area contributed by atoms with E-state index < -0.39 is 0 Å². The van der Waals surface area contributed by atoms with E-state index in [2.05, 4.69) is 36.8 Å². The molecule has 1 atom stereocenters. The summed E-state index contributed by atoms with van der Waals surface area (Å²) in [5, 5.41) is 0. The Morgan fingerprint density at radius 1 is 1.11 bits per heavy atom. The standard InChI is InChI=1S/C16H29N3/c1-6-8-9-10-11-16(3,7-2)14-12-15(19(4)5)18-13-17-14/h12-13H,6-11H2,1-5H3. The highest BCUT2D eigenvalue weighted by Crippen LogP contribution is 2.32. The molecule has 0 aliphatic rings. The van der Waals surface area contributed by atoms with Crippen LogP contribution in [0.2, 0.25) is 0 Å². The molecule has 0 saturated heterocycles. The molecule has 1 aromatic heterocycles. The van der Waals surface area contributed by atoms with Crippen molar-refractivity contribution in [2.75, 3.05) is 19.0 Å². The van der Waals surface area contributed by atoms with Crippen molar-refractivity contribution >= 4 is 5.82 Å². The lowest BCUT2D eigenvalue weighted by Gasteiger charge is -2.28. The molecule has 0 spiro atoms. The van der Waals surface area contributed by atoms with Crippen molar-refractivity contribution in [3.8, 4) is 0 Å². The van der Waals surface area contributed by atoms with E-state index in [0.717, 1.165) is 12.2 Å². The number of nitrogens with zero attached hydrogens (tertiary/aromatic N) is 3. The van der Waals surface area contributed by atoms with Crippen molar-refractivity contribution in [2.24, 2.45) is 0 Å². The molecule has 1 heterocycles. The highest BCUT2D eigenvalue weighted by Gasteiger charge is 2.26. The predicted molar refractivity (Wildman–Crippen MR) is 82.8 cm³/mol. The molecule has 1 unspecified atom stereocenters. The van der Waals surface area contributed by atoms with Crippen LogP contribution >= 0.6 is 0 Å². The first-order valence-corrected chi connectivity index (χ1v) is 7.53. The van der Waals surface area contributed by atoms with Gasteiger partial charge in [0.2, 0.25) is 0 Å². The summed E-state index contributed by atoms with van der Waals surface area (Å²) >= 11 is 0. The van der Waals surface area contributed by atoms with E-state index in [9.17, 15) is 0 Å². The van der Waals surface area contributed by atoms with Gasteiger partial charge in [-0.2, -0.15) is 0 Å². The average molecular weight is 263 g/mol. The third-order valence-corrected chi connectivity index (χ3v) is 4.09. The normalized spacial score (nSPS) is 14.2. The summed E-state index contributed by atoms with van der Waals surface area (Å²) in [6.45, 7) is 6.85. The van der Waals surface area contributed by atoms with Crippen LogP contribution in [-0.2, 0) is 5.41 Å². The largest absolute Gasteiger partial charge is 0.363 e. The van der Waals surface area contributed by atoms with Crippen molar-refractivity contribution < 1.29 is 0 Å². The van der Waals surface area contributed by atoms with Gasteiger partial charge in [0.15, 0.2) is 0 Å². The minimum absolute atomic E-state index is 0.182. The van der Waals surface area contributed by atoms with Crippen LogP contribution in [0.3, 0.4) is 0 Å². The van der Waals surface area contributed by atoms with Crippen LogP contribution in [0, 0.1) is 0 Å². The zero-order chi connectivity index (χ0) is 14.3. The second-order valence-corrected chi connectivity index (χ2v) is 5.88. The van der Waals surface area contributed by atoms with Crippen LogP contribution < -0.4 is 4.90 Å². The lowest BCUT2D eigenvalue weighted by molar-refractivity contribution is 0.385. The fraction of sp³-hybridized carbons (Fsp3) is 0.750. The van der Waals surface area contributed by atoms with Crippen molar-refractivity contribution in [1.29, 1.82) is 0 Å². The molecule has 0 aliphatic carbocycles. The number of hydrogen-bond donors (Lipinski definition) is 0. The molecule has 0 radical (unpaired) electrons. The maximum atomic E-state index is 4.53. The molecule has 1 rings (SSSR count). The van der Waals surface area contributed by atoms with Gasteiger partial charge in [0.25, 0.3) is 0 Å². The smallest absolute Gasteiger partial charge is 0.131 e. The zero-order valence-corrected chi connectivity index (χ0v) is 13.2. The Morgan fingerprint density at radius 2 is 1.84 bits per heavy atom. The average Bonchev–Trinajstić information content (AvgIpc) is 2.43. The molecular formula is C16H29N3. The summed E-state index contributed by atoms with van der Waals surface area (Å²) in [7, 11) is 4.05. The number of anilines is 1. The predicted octanol–water partition coefficient (Wildman–Crippen LogP) is 4.18. The van der Waals surface area contributed by atoms with Gasteiger partial charge in [-0.15, -0.1) is 0 Å². The second kappa shape index (κ2) is 7.46. The Morgan fingerprint density at radius 3 is 2.42 bits per heavy atom. The monoisotopic (exact) mass is 263 g/mol. The lowest BCUT2D eigenvalue weighted by atomic mass is 9.79. The Hall–Kier alpha value is -1.12. The summed E-state index contributed by atoms with van der Waals surface area (Å²) < 4.78 is 0. The van der Waals surface area contributed by atoms with Crippen LogP contribution in [0.25, 0.3) is 0 Å². The highest BCUT2D eigenvalue weighted by atomic mass is 15.1. The Labute approximate surface area is 118 Å². The lowest BCUT2D eigenvalue weighted by Crippen LogP contribution is -2.23. The Bertz CT molecular complexity index is 376. The topological polar surface area (TPSA) is 29.0 Å². The SMILES string of the molecule is CCCCCCC(C)(CC)c1cc(N(C)C)ncn1. The first-order chi connectivity index (χ1) is 9.03. The van der Waals surface area contributed by atoms with Crippen LogP contribution in [0.5, 0.6) is 0 Å². The molecule has 19 heavy (non-hydrogen) atoms. The van der Waals surface area contributed by atoms with Gasteiger partial charge in [-0.25, -0.2) is 9.97 Å². The van der Waals surface area contributed by atoms with Gasteiger partial charge in [-0.05, 0) is 12.8 Å². The quantitative estimate of drug-likeness (QED) is 0.659. The van der Waals surface area contributed by atoms with Crippen LogP contribution in [0.1, 0.15) is 65.0 Å². The summed E-state index contributed by atoms with van der Waals surface area (Å²) in [5.41, 5.74) is 1.37. The summed E-state index contributed by atoms with van der Waals surface area (Å²) in [6.07, 6.45) is 9.30. The summed E-state index contributed by atoms with van der Waals surface area (Å²) in [5.74, 6) is 0.998. The number of hydrogen-bond acceptors (Lipinski definition) is 3. The maximum Gasteiger partial charge on any atom is 0.131 e. The molecule has 0 N–H and O–H groups in total. The summed E-state index contributed by atoms with van der Waals surface area (Å²) in [4.78, 5) is 10.9. The first kappa shape index (κ1) is 15.9. The molecule has 0 amide bonds. The van der Waals surface area contributed by atoms with E-state index in [0.29, 0.717) is 0 Å². The van der Waals surface area contributed by atoms with Crippen molar-refractivity contribution in [3.05, 3.63) is 18.1 Å². The molecule has 0 bridgehead atoms. The molecule has 3 heteroatoms. The van der Waals surface area contributed by atoms with E-state index in [-0.39, 0.29) is 5.41 Å². The van der Waals surface area contributed by atoms with Crippen LogP contribution in [0.15, 0.2) is 12.4 Å². The molecule has 0 aromatic carbocycles. The fourth-order valence-corrected chi connectivity index (χ4v) is 2.35.